The maximum atomic E-state index is 11.2. The highest BCUT2D eigenvalue weighted by molar-refractivity contribution is 9.11. The average molecular weight is 379 g/mol. The van der Waals surface area contributed by atoms with Crippen LogP contribution in [0.15, 0.2) is 21.1 Å². The highest BCUT2D eigenvalue weighted by Crippen LogP contribution is 2.38. The van der Waals surface area contributed by atoms with Gasteiger partial charge in [-0.05, 0) is 56.7 Å². The molecule has 0 heterocycles. The minimum Gasteiger partial charge on any atom is -0.495 e. The zero-order valence-electron chi connectivity index (χ0n) is 9.74. The Kier molecular flexibility index (Phi) is 4.17. The third kappa shape index (κ3) is 2.98. The quantitative estimate of drug-likeness (QED) is 0.823. The third-order valence-electron chi connectivity index (χ3n) is 2.91. The fourth-order valence-electron chi connectivity index (χ4n) is 1.77. The Morgan fingerprint density at radius 3 is 2.61 bits per heavy atom. The second-order valence-corrected chi connectivity index (χ2v) is 5.97. The van der Waals surface area contributed by atoms with Crippen LogP contribution in [0, 0.1) is 5.92 Å². The van der Waals surface area contributed by atoms with Crippen LogP contribution in [0.5, 0.6) is 5.75 Å². The number of aliphatic carboxylic acids is 1. The minimum atomic E-state index is -0.814. The second kappa shape index (κ2) is 5.48. The largest absolute Gasteiger partial charge is 0.495 e. The van der Waals surface area contributed by atoms with Crippen molar-refractivity contribution in [2.75, 3.05) is 12.4 Å². The summed E-state index contributed by atoms with van der Waals surface area (Å²) in [5.41, 5.74) is 0.731. The van der Waals surface area contributed by atoms with Gasteiger partial charge in [0.25, 0.3) is 0 Å². The Labute approximate surface area is 122 Å². The summed E-state index contributed by atoms with van der Waals surface area (Å²) in [6.45, 7) is 0. The van der Waals surface area contributed by atoms with Crippen molar-refractivity contribution in [2.24, 2.45) is 5.92 Å². The van der Waals surface area contributed by atoms with Crippen LogP contribution in [0.4, 0.5) is 5.69 Å². The summed E-state index contributed by atoms with van der Waals surface area (Å²) in [6, 6.07) is 3.09. The molecule has 1 fully saturated rings. The highest BCUT2D eigenvalue weighted by atomic mass is 79.9. The summed E-state index contributed by atoms with van der Waals surface area (Å²) < 4.78 is 6.83. The van der Waals surface area contributed by atoms with Gasteiger partial charge in [0.05, 0.1) is 17.3 Å². The molecule has 0 radical (unpaired) electrons. The Morgan fingerprint density at radius 1 is 1.44 bits per heavy atom. The fourth-order valence-corrected chi connectivity index (χ4v) is 3.04. The number of nitrogens with one attached hydrogen (secondary N) is 1. The first-order valence-corrected chi connectivity index (χ1v) is 7.14. The molecule has 1 aliphatic carbocycles. The van der Waals surface area contributed by atoms with Crippen LogP contribution in [0.3, 0.4) is 0 Å². The molecular formula is C12H13Br2NO3. The predicted molar refractivity (Wildman–Crippen MR) is 76.2 cm³/mol. The van der Waals surface area contributed by atoms with Crippen molar-refractivity contribution in [3.8, 4) is 5.75 Å². The zero-order chi connectivity index (χ0) is 13.3. The lowest BCUT2D eigenvalue weighted by atomic mass is 10.1. The van der Waals surface area contributed by atoms with Gasteiger partial charge >= 0.3 is 5.97 Å². The molecule has 1 aromatic carbocycles. The van der Waals surface area contributed by atoms with E-state index in [0.29, 0.717) is 5.75 Å². The molecular weight excluding hydrogens is 366 g/mol. The standard InChI is InChI=1S/C12H13Br2NO3/c1-18-10-5-9(7(13)4-8(10)14)15-11(12(16)17)6-2-3-6/h4-6,11,15H,2-3H2,1H3,(H,16,17). The molecule has 2 N–H and O–H groups in total. The number of ether oxygens (including phenoxy) is 1. The van der Waals surface area contributed by atoms with E-state index in [1.807, 2.05) is 6.07 Å². The zero-order valence-corrected chi connectivity index (χ0v) is 12.9. The molecule has 1 unspecified atom stereocenters. The predicted octanol–water partition coefficient (Wildman–Crippen LogP) is 3.50. The Bertz CT molecular complexity index is 475. The lowest BCUT2D eigenvalue weighted by molar-refractivity contribution is -0.138. The maximum absolute atomic E-state index is 11.2. The summed E-state index contributed by atoms with van der Waals surface area (Å²) >= 11 is 6.80. The topological polar surface area (TPSA) is 58.6 Å². The van der Waals surface area contributed by atoms with Crippen molar-refractivity contribution in [3.63, 3.8) is 0 Å². The molecule has 1 atom stereocenters. The van der Waals surface area contributed by atoms with Crippen LogP contribution in [0.1, 0.15) is 12.8 Å². The van der Waals surface area contributed by atoms with Crippen molar-refractivity contribution in [2.45, 2.75) is 18.9 Å². The second-order valence-electron chi connectivity index (χ2n) is 4.26. The summed E-state index contributed by atoms with van der Waals surface area (Å²) in [5.74, 6) is 0.0796. The SMILES string of the molecule is COc1cc(NC(C(=O)O)C2CC2)c(Br)cc1Br. The number of methoxy groups -OCH3 is 1. The van der Waals surface area contributed by atoms with Crippen LogP contribution in [0.25, 0.3) is 0 Å². The number of benzene rings is 1. The summed E-state index contributed by atoms with van der Waals surface area (Å²) in [5, 5.41) is 12.3. The Balaban J connectivity index is 2.24. The molecule has 0 aromatic heterocycles. The monoisotopic (exact) mass is 377 g/mol. The van der Waals surface area contributed by atoms with Gasteiger partial charge in [-0.1, -0.05) is 0 Å². The number of carbonyl (C=O) groups is 1. The minimum absolute atomic E-state index is 0.226. The van der Waals surface area contributed by atoms with Gasteiger partial charge in [-0.25, -0.2) is 4.79 Å². The summed E-state index contributed by atoms with van der Waals surface area (Å²) in [6.07, 6.45) is 1.94. The van der Waals surface area contributed by atoms with Gasteiger partial charge < -0.3 is 15.2 Å². The van der Waals surface area contributed by atoms with Gasteiger partial charge in [0.15, 0.2) is 0 Å². The third-order valence-corrected chi connectivity index (χ3v) is 4.19. The number of carboxylic acids is 1. The van der Waals surface area contributed by atoms with E-state index in [4.69, 9.17) is 4.74 Å². The van der Waals surface area contributed by atoms with Crippen LogP contribution in [-0.4, -0.2) is 24.2 Å². The molecule has 18 heavy (non-hydrogen) atoms. The summed E-state index contributed by atoms with van der Waals surface area (Å²) in [4.78, 5) is 11.2. The normalized spacial score (nSPS) is 16.2. The molecule has 1 aromatic rings. The molecule has 0 bridgehead atoms. The van der Waals surface area contributed by atoms with Gasteiger partial charge in [0.1, 0.15) is 11.8 Å². The average Bonchev–Trinajstić information content (AvgIpc) is 3.11. The van der Waals surface area contributed by atoms with Gasteiger partial charge in [-0.2, -0.15) is 0 Å². The molecule has 1 aliphatic rings. The smallest absolute Gasteiger partial charge is 0.326 e. The molecule has 98 valence electrons. The maximum Gasteiger partial charge on any atom is 0.326 e. The molecule has 4 nitrogen and oxygen atoms in total. The van der Waals surface area contributed by atoms with Gasteiger partial charge in [-0.3, -0.25) is 0 Å². The molecule has 6 heteroatoms. The number of halogens is 2. The van der Waals surface area contributed by atoms with Gasteiger partial charge in [-0.15, -0.1) is 0 Å². The Hall–Kier alpha value is -0.750. The molecule has 0 saturated heterocycles. The van der Waals surface area contributed by atoms with E-state index in [9.17, 15) is 9.90 Å². The molecule has 0 aliphatic heterocycles. The van der Waals surface area contributed by atoms with Crippen molar-refractivity contribution < 1.29 is 14.6 Å². The van der Waals surface area contributed by atoms with Gasteiger partial charge in [0, 0.05) is 10.5 Å². The van der Waals surface area contributed by atoms with Crippen molar-refractivity contribution in [3.05, 3.63) is 21.1 Å². The van der Waals surface area contributed by atoms with E-state index in [-0.39, 0.29) is 5.92 Å². The van der Waals surface area contributed by atoms with E-state index in [1.165, 1.54) is 0 Å². The first kappa shape index (κ1) is 13.7. The van der Waals surface area contributed by atoms with Crippen LogP contribution in [0.2, 0.25) is 0 Å². The van der Waals surface area contributed by atoms with Crippen LogP contribution >= 0.6 is 31.9 Å². The van der Waals surface area contributed by atoms with Crippen molar-refractivity contribution in [1.29, 1.82) is 0 Å². The van der Waals surface area contributed by atoms with E-state index in [0.717, 1.165) is 27.5 Å². The highest BCUT2D eigenvalue weighted by Gasteiger charge is 2.36. The van der Waals surface area contributed by atoms with E-state index < -0.39 is 12.0 Å². The fraction of sp³-hybridized carbons (Fsp3) is 0.417. The number of anilines is 1. The Morgan fingerprint density at radius 2 is 2.11 bits per heavy atom. The lowest BCUT2D eigenvalue weighted by Crippen LogP contribution is -2.31. The molecule has 0 amide bonds. The van der Waals surface area contributed by atoms with E-state index in [1.54, 1.807) is 13.2 Å². The molecule has 1 saturated carbocycles. The van der Waals surface area contributed by atoms with Crippen LogP contribution in [-0.2, 0) is 4.79 Å². The number of rotatable bonds is 5. The first-order valence-electron chi connectivity index (χ1n) is 5.55. The van der Waals surface area contributed by atoms with Crippen molar-refractivity contribution >= 4 is 43.5 Å². The molecule has 0 spiro atoms. The van der Waals surface area contributed by atoms with E-state index in [2.05, 4.69) is 37.2 Å². The lowest BCUT2D eigenvalue weighted by Gasteiger charge is -2.17. The number of carboxylic acid groups (broad SMARTS) is 1. The first-order chi connectivity index (χ1) is 8.52. The van der Waals surface area contributed by atoms with Crippen LogP contribution < -0.4 is 10.1 Å². The van der Waals surface area contributed by atoms with E-state index >= 15 is 0 Å². The van der Waals surface area contributed by atoms with Gasteiger partial charge in [0.2, 0.25) is 0 Å². The van der Waals surface area contributed by atoms with Crippen molar-refractivity contribution in [1.82, 2.24) is 0 Å². The summed E-state index contributed by atoms with van der Waals surface area (Å²) in [7, 11) is 1.58. The molecule has 2 rings (SSSR count). The number of hydrogen-bond donors (Lipinski definition) is 2. The number of hydrogen-bond acceptors (Lipinski definition) is 3.